The van der Waals surface area contributed by atoms with E-state index in [1.807, 2.05) is 19.1 Å². The van der Waals surface area contributed by atoms with Crippen molar-refractivity contribution < 1.29 is 14.6 Å². The molecule has 0 aromatic carbocycles. The first kappa shape index (κ1) is 12.2. The lowest BCUT2D eigenvalue weighted by atomic mass is 10.1. The summed E-state index contributed by atoms with van der Waals surface area (Å²) in [5.74, 6) is -0.918. The molecule has 0 aromatic heterocycles. The van der Waals surface area contributed by atoms with Crippen molar-refractivity contribution in [3.8, 4) is 0 Å². The van der Waals surface area contributed by atoms with Crippen LogP contribution in [0.4, 0.5) is 0 Å². The van der Waals surface area contributed by atoms with Crippen molar-refractivity contribution in [1.82, 2.24) is 0 Å². The van der Waals surface area contributed by atoms with Gasteiger partial charge < -0.3 is 9.84 Å². The lowest BCUT2D eigenvalue weighted by Crippen LogP contribution is -2.34. The van der Waals surface area contributed by atoms with Crippen molar-refractivity contribution in [2.24, 2.45) is 0 Å². The highest BCUT2D eigenvalue weighted by atomic mass is 16.5. The number of ether oxygens (including phenoxy) is 1. The fourth-order valence-electron chi connectivity index (χ4n) is 0.757. The Morgan fingerprint density at radius 2 is 2.15 bits per heavy atom. The first-order valence-corrected chi connectivity index (χ1v) is 4.49. The zero-order chi connectivity index (χ0) is 10.3. The van der Waals surface area contributed by atoms with Crippen molar-refractivity contribution in [2.45, 2.75) is 39.2 Å². The Balaban J connectivity index is 3.58. The molecule has 0 aromatic rings. The molecule has 13 heavy (non-hydrogen) atoms. The van der Waals surface area contributed by atoms with Crippen LogP contribution in [0.1, 0.15) is 33.6 Å². The van der Waals surface area contributed by atoms with Crippen LogP contribution >= 0.6 is 0 Å². The number of unbranched alkanes of at least 4 members (excludes halogenated alkanes) is 1. The average Bonchev–Trinajstić information content (AvgIpc) is 2.03. The van der Waals surface area contributed by atoms with E-state index < -0.39 is 11.6 Å². The second kappa shape index (κ2) is 5.75. The average molecular weight is 186 g/mol. The topological polar surface area (TPSA) is 46.5 Å². The van der Waals surface area contributed by atoms with Gasteiger partial charge in [0.2, 0.25) is 0 Å². The molecular formula is C10H18O3. The summed E-state index contributed by atoms with van der Waals surface area (Å²) in [5.41, 5.74) is -1.06. The van der Waals surface area contributed by atoms with Gasteiger partial charge in [0.05, 0.1) is 0 Å². The van der Waals surface area contributed by atoms with E-state index in [0.29, 0.717) is 6.61 Å². The molecule has 3 heteroatoms. The Bertz CT molecular complexity index is 183. The predicted octanol–water partition coefficient (Wildman–Crippen LogP) is 2.22. The first-order chi connectivity index (χ1) is 6.00. The van der Waals surface area contributed by atoms with Crippen molar-refractivity contribution >= 4 is 5.97 Å². The predicted molar refractivity (Wildman–Crippen MR) is 51.7 cm³/mol. The van der Waals surface area contributed by atoms with Crippen molar-refractivity contribution in [2.75, 3.05) is 6.61 Å². The van der Waals surface area contributed by atoms with Crippen molar-refractivity contribution in [3.63, 3.8) is 0 Å². The van der Waals surface area contributed by atoms with E-state index in [0.717, 1.165) is 12.8 Å². The van der Waals surface area contributed by atoms with Gasteiger partial charge in [-0.2, -0.15) is 0 Å². The Hall–Kier alpha value is -0.830. The molecule has 0 aliphatic heterocycles. The lowest BCUT2D eigenvalue weighted by molar-refractivity contribution is -0.161. The van der Waals surface area contributed by atoms with Crippen LogP contribution in [0.5, 0.6) is 0 Å². The Morgan fingerprint density at radius 3 is 2.62 bits per heavy atom. The van der Waals surface area contributed by atoms with Crippen molar-refractivity contribution in [3.05, 3.63) is 12.2 Å². The molecule has 0 aliphatic rings. The molecule has 0 rings (SSSR count). The number of hydrogen-bond acceptors (Lipinski definition) is 2. The Labute approximate surface area is 79.4 Å². The number of carboxylic acids is 1. The molecule has 0 amide bonds. The van der Waals surface area contributed by atoms with E-state index in [-0.39, 0.29) is 0 Å². The van der Waals surface area contributed by atoms with Gasteiger partial charge in [-0.1, -0.05) is 12.2 Å². The monoisotopic (exact) mass is 186 g/mol. The molecule has 0 spiro atoms. The third kappa shape index (κ3) is 5.42. The maximum absolute atomic E-state index is 10.6. The van der Waals surface area contributed by atoms with Crippen LogP contribution in [0.2, 0.25) is 0 Å². The van der Waals surface area contributed by atoms with Gasteiger partial charge in [-0.25, -0.2) is 4.79 Å². The maximum atomic E-state index is 10.6. The number of allylic oxidation sites excluding steroid dienone is 2. The SMILES string of the molecule is C/C=C\CCCOC(C)(C)C(=O)O. The zero-order valence-electron chi connectivity index (χ0n) is 8.54. The highest BCUT2D eigenvalue weighted by Crippen LogP contribution is 2.09. The van der Waals surface area contributed by atoms with E-state index in [4.69, 9.17) is 9.84 Å². The Kier molecular flexibility index (Phi) is 5.39. The number of carboxylic acid groups (broad SMARTS) is 1. The smallest absolute Gasteiger partial charge is 0.335 e. The van der Waals surface area contributed by atoms with Gasteiger partial charge in [-0.3, -0.25) is 0 Å². The summed E-state index contributed by atoms with van der Waals surface area (Å²) in [7, 11) is 0. The molecular weight excluding hydrogens is 168 g/mol. The van der Waals surface area contributed by atoms with Gasteiger partial charge >= 0.3 is 5.97 Å². The standard InChI is InChI=1S/C10H18O3/c1-4-5-6-7-8-13-10(2,3)9(11)12/h4-5H,6-8H2,1-3H3,(H,11,12)/b5-4-. The zero-order valence-corrected chi connectivity index (χ0v) is 8.54. The van der Waals surface area contributed by atoms with Gasteiger partial charge in [0, 0.05) is 6.61 Å². The van der Waals surface area contributed by atoms with Gasteiger partial charge in [0.1, 0.15) is 0 Å². The summed E-state index contributed by atoms with van der Waals surface area (Å²) in [6.45, 7) is 5.57. The molecule has 1 N–H and O–H groups in total. The quantitative estimate of drug-likeness (QED) is 0.511. The molecule has 0 bridgehead atoms. The van der Waals surface area contributed by atoms with Gasteiger partial charge in [0.25, 0.3) is 0 Å². The van der Waals surface area contributed by atoms with Gasteiger partial charge in [-0.15, -0.1) is 0 Å². The van der Waals surface area contributed by atoms with Crippen LogP contribution in [0.15, 0.2) is 12.2 Å². The van der Waals surface area contributed by atoms with Crippen LogP contribution in [-0.4, -0.2) is 23.3 Å². The van der Waals surface area contributed by atoms with Crippen LogP contribution in [-0.2, 0) is 9.53 Å². The maximum Gasteiger partial charge on any atom is 0.335 e. The van der Waals surface area contributed by atoms with Gasteiger partial charge in [0.15, 0.2) is 5.60 Å². The third-order valence-electron chi connectivity index (χ3n) is 1.73. The number of rotatable bonds is 6. The van der Waals surface area contributed by atoms with E-state index in [1.54, 1.807) is 13.8 Å². The van der Waals surface area contributed by atoms with Crippen LogP contribution in [0.25, 0.3) is 0 Å². The summed E-state index contributed by atoms with van der Waals surface area (Å²) in [6.07, 6.45) is 5.81. The molecule has 0 radical (unpaired) electrons. The molecule has 76 valence electrons. The minimum absolute atomic E-state index is 0.490. The van der Waals surface area contributed by atoms with E-state index in [1.165, 1.54) is 0 Å². The summed E-state index contributed by atoms with van der Waals surface area (Å²) < 4.78 is 5.20. The highest BCUT2D eigenvalue weighted by molar-refractivity contribution is 5.76. The molecule has 3 nitrogen and oxygen atoms in total. The second-order valence-corrected chi connectivity index (χ2v) is 3.38. The van der Waals surface area contributed by atoms with E-state index in [9.17, 15) is 4.79 Å². The Morgan fingerprint density at radius 1 is 1.54 bits per heavy atom. The molecule has 0 heterocycles. The molecule has 0 aliphatic carbocycles. The molecule has 0 atom stereocenters. The van der Waals surface area contributed by atoms with Crippen LogP contribution in [0.3, 0.4) is 0 Å². The third-order valence-corrected chi connectivity index (χ3v) is 1.73. The fraction of sp³-hybridized carbons (Fsp3) is 0.700. The van der Waals surface area contributed by atoms with Crippen LogP contribution in [0, 0.1) is 0 Å². The minimum Gasteiger partial charge on any atom is -0.479 e. The fourth-order valence-corrected chi connectivity index (χ4v) is 0.757. The van der Waals surface area contributed by atoms with E-state index >= 15 is 0 Å². The van der Waals surface area contributed by atoms with Gasteiger partial charge in [-0.05, 0) is 33.6 Å². The largest absolute Gasteiger partial charge is 0.479 e. The molecule has 0 saturated heterocycles. The molecule has 0 saturated carbocycles. The normalized spacial score (nSPS) is 12.2. The second-order valence-electron chi connectivity index (χ2n) is 3.38. The molecule has 0 unspecified atom stereocenters. The first-order valence-electron chi connectivity index (χ1n) is 4.49. The van der Waals surface area contributed by atoms with Crippen LogP contribution < -0.4 is 0 Å². The molecule has 0 fully saturated rings. The van der Waals surface area contributed by atoms with Crippen molar-refractivity contribution in [1.29, 1.82) is 0 Å². The number of aliphatic carboxylic acids is 1. The summed E-state index contributed by atoms with van der Waals surface area (Å²) >= 11 is 0. The summed E-state index contributed by atoms with van der Waals surface area (Å²) in [5, 5.41) is 8.70. The highest BCUT2D eigenvalue weighted by Gasteiger charge is 2.27. The lowest BCUT2D eigenvalue weighted by Gasteiger charge is -2.19. The van der Waals surface area contributed by atoms with E-state index in [2.05, 4.69) is 0 Å². The summed E-state index contributed by atoms with van der Waals surface area (Å²) in [4.78, 5) is 10.6. The number of hydrogen-bond donors (Lipinski definition) is 1. The number of carbonyl (C=O) groups is 1. The summed E-state index contributed by atoms with van der Waals surface area (Å²) in [6, 6.07) is 0. The minimum atomic E-state index is -1.06.